The van der Waals surface area contributed by atoms with E-state index in [4.69, 9.17) is 16.3 Å². The molecule has 0 bridgehead atoms. The Kier molecular flexibility index (Phi) is 8.55. The Bertz CT molecular complexity index is 1440. The number of hydrazine groups is 1. The minimum absolute atomic E-state index is 0.0140. The maximum Gasteiger partial charge on any atom is 0.353 e. The summed E-state index contributed by atoms with van der Waals surface area (Å²) in [5.41, 5.74) is 0.377. The van der Waals surface area contributed by atoms with E-state index in [0.717, 1.165) is 10.0 Å². The number of carbonyl (C=O) groups excluding carboxylic acids is 5. The van der Waals surface area contributed by atoms with Gasteiger partial charge in [0.2, 0.25) is 0 Å². The van der Waals surface area contributed by atoms with E-state index < -0.39 is 47.9 Å². The lowest BCUT2D eigenvalue weighted by Gasteiger charge is -2.30. The zero-order chi connectivity index (χ0) is 28.6. The largest absolute Gasteiger partial charge is 0.422 e. The number of hydrogen-bond donors (Lipinski definition) is 0. The van der Waals surface area contributed by atoms with Crippen molar-refractivity contribution in [3.63, 3.8) is 0 Å². The third kappa shape index (κ3) is 5.79. The van der Waals surface area contributed by atoms with E-state index in [1.807, 2.05) is 0 Å². The standard InChI is InChI=1S/C28H21Br2ClN2O6S/c29-21-12-19-20(13-22(21)30)27(37)33(26(19)36)32(25(35)16-3-7-17(31)8-4-16)14-23(34)15-5-9-18(10-6-15)39-28(38)24-2-1-11-40-24/h1-11,19-22H,12-14H2/t19-,20-,21+,22+/m1/s1. The predicted molar refractivity (Wildman–Crippen MR) is 156 cm³/mol. The Labute approximate surface area is 255 Å². The second-order valence-electron chi connectivity index (χ2n) is 9.39. The number of nitrogens with zero attached hydrogens (tertiary/aromatic N) is 2. The van der Waals surface area contributed by atoms with Gasteiger partial charge in [0.1, 0.15) is 17.2 Å². The van der Waals surface area contributed by atoms with Gasteiger partial charge in [0, 0.05) is 25.8 Å². The first-order valence-corrected chi connectivity index (χ1v) is 15.3. The van der Waals surface area contributed by atoms with Crippen molar-refractivity contribution in [2.45, 2.75) is 22.5 Å². The second-order valence-corrected chi connectivity index (χ2v) is 13.1. The zero-order valence-corrected chi connectivity index (χ0v) is 25.4. The number of carbonyl (C=O) groups is 5. The summed E-state index contributed by atoms with van der Waals surface area (Å²) in [7, 11) is 0. The minimum Gasteiger partial charge on any atom is -0.422 e. The van der Waals surface area contributed by atoms with Crippen LogP contribution in [0, 0.1) is 11.8 Å². The second kappa shape index (κ2) is 11.9. The van der Waals surface area contributed by atoms with Gasteiger partial charge in [0.25, 0.3) is 17.7 Å². The SMILES string of the molecule is O=C(CN(C(=O)c1ccc(Cl)cc1)N1C(=O)[C@@H]2C[C@H](Br)[C@@H](Br)C[C@H]2C1=O)c1ccc(OC(=O)c2cccs2)cc1. The maximum absolute atomic E-state index is 13.6. The fraction of sp³-hybridized carbons (Fsp3) is 0.250. The molecule has 206 valence electrons. The number of halogens is 3. The quantitative estimate of drug-likeness (QED) is 0.101. The maximum atomic E-state index is 13.6. The number of benzene rings is 2. The summed E-state index contributed by atoms with van der Waals surface area (Å²) in [6.45, 7) is -0.553. The average molecular weight is 709 g/mol. The molecule has 1 aliphatic heterocycles. The van der Waals surface area contributed by atoms with Crippen LogP contribution in [0.3, 0.4) is 0 Å². The van der Waals surface area contributed by atoms with Crippen LogP contribution in [0.5, 0.6) is 5.75 Å². The van der Waals surface area contributed by atoms with Crippen LogP contribution in [-0.4, -0.2) is 55.7 Å². The Hall–Kier alpha value is -2.86. The van der Waals surface area contributed by atoms with Crippen molar-refractivity contribution in [1.29, 1.82) is 0 Å². The molecule has 3 aromatic rings. The molecule has 5 rings (SSSR count). The monoisotopic (exact) mass is 706 g/mol. The number of ether oxygens (including phenoxy) is 1. The molecule has 4 atom stereocenters. The zero-order valence-electron chi connectivity index (χ0n) is 20.7. The van der Waals surface area contributed by atoms with Crippen molar-refractivity contribution in [3.8, 4) is 5.75 Å². The summed E-state index contributed by atoms with van der Waals surface area (Å²) in [6.07, 6.45) is 0.842. The van der Waals surface area contributed by atoms with E-state index in [-0.39, 0.29) is 26.5 Å². The number of ketones is 1. The van der Waals surface area contributed by atoms with Crippen LogP contribution >= 0.6 is 54.8 Å². The Balaban J connectivity index is 1.39. The molecular weight excluding hydrogens is 688 g/mol. The van der Waals surface area contributed by atoms with E-state index in [0.29, 0.717) is 22.7 Å². The number of esters is 1. The van der Waals surface area contributed by atoms with Gasteiger partial charge in [-0.2, -0.15) is 5.01 Å². The molecule has 1 aromatic heterocycles. The summed E-state index contributed by atoms with van der Waals surface area (Å²) in [5.74, 6) is -3.68. The molecule has 0 spiro atoms. The number of fused-ring (bicyclic) bond motifs is 1. The predicted octanol–water partition coefficient (Wildman–Crippen LogP) is 5.78. The summed E-state index contributed by atoms with van der Waals surface area (Å²) in [6, 6.07) is 15.2. The fourth-order valence-corrected chi connectivity index (χ4v) is 6.74. The number of Topliss-reactive ketones (excluding diaryl/α,β-unsaturated/α-hetero) is 1. The molecule has 12 heteroatoms. The normalized spacial score (nSPS) is 22.1. The highest BCUT2D eigenvalue weighted by Crippen LogP contribution is 2.43. The van der Waals surface area contributed by atoms with Gasteiger partial charge < -0.3 is 4.74 Å². The molecule has 40 heavy (non-hydrogen) atoms. The summed E-state index contributed by atoms with van der Waals surface area (Å²) in [4.78, 5) is 66.6. The van der Waals surface area contributed by atoms with Gasteiger partial charge in [-0.25, -0.2) is 9.80 Å². The first-order valence-electron chi connectivity index (χ1n) is 12.3. The molecular formula is C28H21Br2ClN2O6S. The molecule has 2 fully saturated rings. The summed E-state index contributed by atoms with van der Waals surface area (Å²) >= 11 is 14.4. The first-order chi connectivity index (χ1) is 19.1. The highest BCUT2D eigenvalue weighted by Gasteiger charge is 2.54. The number of rotatable bonds is 7. The Morgan fingerprint density at radius 1 is 0.900 bits per heavy atom. The van der Waals surface area contributed by atoms with Crippen molar-refractivity contribution in [2.75, 3.05) is 6.54 Å². The van der Waals surface area contributed by atoms with Crippen molar-refractivity contribution in [3.05, 3.63) is 87.1 Å². The summed E-state index contributed by atoms with van der Waals surface area (Å²) < 4.78 is 5.34. The minimum atomic E-state index is -0.683. The Morgan fingerprint density at radius 3 is 2.02 bits per heavy atom. The van der Waals surface area contributed by atoms with E-state index >= 15 is 0 Å². The van der Waals surface area contributed by atoms with Crippen molar-refractivity contribution >= 4 is 84.3 Å². The molecule has 1 aliphatic carbocycles. The van der Waals surface area contributed by atoms with E-state index in [2.05, 4.69) is 31.9 Å². The van der Waals surface area contributed by atoms with Crippen LogP contribution in [0.15, 0.2) is 66.0 Å². The molecule has 8 nitrogen and oxygen atoms in total. The van der Waals surface area contributed by atoms with E-state index in [1.165, 1.54) is 59.9 Å². The van der Waals surface area contributed by atoms with Gasteiger partial charge in [0.05, 0.1) is 11.8 Å². The van der Waals surface area contributed by atoms with Crippen molar-refractivity contribution in [1.82, 2.24) is 10.0 Å². The third-order valence-corrected chi connectivity index (χ3v) is 10.7. The van der Waals surface area contributed by atoms with Gasteiger partial charge >= 0.3 is 5.97 Å². The van der Waals surface area contributed by atoms with Crippen LogP contribution in [0.1, 0.15) is 43.2 Å². The molecule has 2 aliphatic rings. The molecule has 2 aromatic carbocycles. The molecule has 1 saturated carbocycles. The van der Waals surface area contributed by atoms with Crippen LogP contribution in [-0.2, 0) is 9.59 Å². The molecule has 2 heterocycles. The summed E-state index contributed by atoms with van der Waals surface area (Å²) in [5, 5.41) is 3.93. The lowest BCUT2D eigenvalue weighted by atomic mass is 9.81. The highest BCUT2D eigenvalue weighted by molar-refractivity contribution is 9.12. The molecule has 0 N–H and O–H groups in total. The van der Waals surface area contributed by atoms with Gasteiger partial charge in [-0.3, -0.25) is 19.2 Å². The van der Waals surface area contributed by atoms with Crippen molar-refractivity contribution in [2.24, 2.45) is 11.8 Å². The van der Waals surface area contributed by atoms with Gasteiger partial charge in [-0.1, -0.05) is 49.5 Å². The Morgan fingerprint density at radius 2 is 1.48 bits per heavy atom. The van der Waals surface area contributed by atoms with E-state index in [1.54, 1.807) is 17.5 Å². The topological polar surface area (TPSA) is 101 Å². The number of amides is 3. The molecule has 0 unspecified atom stereocenters. The van der Waals surface area contributed by atoms with Gasteiger partial charge in [0.15, 0.2) is 5.78 Å². The third-order valence-electron chi connectivity index (χ3n) is 6.86. The first kappa shape index (κ1) is 28.7. The lowest BCUT2D eigenvalue weighted by Crippen LogP contribution is -2.52. The number of imide groups is 1. The number of thiophene rings is 1. The average Bonchev–Trinajstić information content (AvgIpc) is 3.56. The highest BCUT2D eigenvalue weighted by atomic mass is 79.9. The lowest BCUT2D eigenvalue weighted by molar-refractivity contribution is -0.154. The van der Waals surface area contributed by atoms with Crippen LogP contribution in [0.4, 0.5) is 0 Å². The molecule has 1 saturated heterocycles. The van der Waals surface area contributed by atoms with Crippen molar-refractivity contribution < 1.29 is 28.7 Å². The van der Waals surface area contributed by atoms with Crippen LogP contribution in [0.25, 0.3) is 0 Å². The number of alkyl halides is 2. The van der Waals surface area contributed by atoms with Crippen LogP contribution in [0.2, 0.25) is 5.02 Å². The van der Waals surface area contributed by atoms with Crippen LogP contribution < -0.4 is 4.74 Å². The van der Waals surface area contributed by atoms with Gasteiger partial charge in [-0.15, -0.1) is 11.3 Å². The van der Waals surface area contributed by atoms with Gasteiger partial charge in [-0.05, 0) is 72.8 Å². The van der Waals surface area contributed by atoms with E-state index in [9.17, 15) is 24.0 Å². The number of hydrogen-bond acceptors (Lipinski definition) is 7. The smallest absolute Gasteiger partial charge is 0.353 e. The fourth-order valence-electron chi connectivity index (χ4n) is 4.78. The molecule has 3 amide bonds. The molecule has 0 radical (unpaired) electrons.